The van der Waals surface area contributed by atoms with E-state index in [2.05, 4.69) is 0 Å². The van der Waals surface area contributed by atoms with Crippen molar-refractivity contribution in [3.05, 3.63) is 63.5 Å². The Kier molecular flexibility index (Phi) is 4.21. The van der Waals surface area contributed by atoms with Gasteiger partial charge in [0.25, 0.3) is 5.69 Å². The molecule has 0 aliphatic carbocycles. The zero-order valence-electron chi connectivity index (χ0n) is 13.3. The number of fused-ring (bicyclic) bond motifs is 1. The molecule has 0 unspecified atom stereocenters. The minimum Gasteiger partial charge on any atom is -0.364 e. The number of hydrogen-bond acceptors (Lipinski definition) is 5. The highest BCUT2D eigenvalue weighted by molar-refractivity contribution is 7.89. The fraction of sp³-hybridized carbons (Fsp3) is 0.250. The molecule has 0 fully saturated rings. The van der Waals surface area contributed by atoms with Gasteiger partial charge in [0.2, 0.25) is 10.0 Å². The van der Waals surface area contributed by atoms with Crippen LogP contribution in [0.4, 0.5) is 15.8 Å². The van der Waals surface area contributed by atoms with Gasteiger partial charge in [0.15, 0.2) is 0 Å². The first-order chi connectivity index (χ1) is 11.7. The fourth-order valence-electron chi connectivity index (χ4n) is 3.13. The van der Waals surface area contributed by atoms with Gasteiger partial charge in [0.1, 0.15) is 5.82 Å². The monoisotopic (exact) mass is 365 g/mol. The molecule has 1 heterocycles. The predicted molar refractivity (Wildman–Crippen MR) is 90.2 cm³/mol. The molecule has 0 radical (unpaired) electrons. The standard InChI is InChI=1S/C16H16FN3O4S/c1-10-6-11-8-14(25(18,23)24)3-5-15(11)19(10)9-12-7-13(17)2-4-16(12)20(21)22/h2-5,7-8,10H,6,9H2,1H3,(H2,18,23,24)/t10-/m0/s1. The maximum Gasteiger partial charge on any atom is 0.274 e. The number of nitro groups is 1. The van der Waals surface area contributed by atoms with Crippen LogP contribution in [0, 0.1) is 15.9 Å². The summed E-state index contributed by atoms with van der Waals surface area (Å²) >= 11 is 0. The summed E-state index contributed by atoms with van der Waals surface area (Å²) in [5.41, 5.74) is 1.67. The SMILES string of the molecule is C[C@H]1Cc2cc(S(N)(=O)=O)ccc2N1Cc1cc(F)ccc1[N+](=O)[O-]. The number of nitro benzene ring substituents is 1. The van der Waals surface area contributed by atoms with Crippen LogP contribution >= 0.6 is 0 Å². The minimum atomic E-state index is -3.80. The van der Waals surface area contributed by atoms with Crippen LogP contribution in [0.5, 0.6) is 0 Å². The molecular weight excluding hydrogens is 349 g/mol. The van der Waals surface area contributed by atoms with Crippen molar-refractivity contribution in [2.45, 2.75) is 30.8 Å². The van der Waals surface area contributed by atoms with E-state index in [4.69, 9.17) is 5.14 Å². The average molecular weight is 365 g/mol. The highest BCUT2D eigenvalue weighted by Crippen LogP contribution is 2.36. The maximum absolute atomic E-state index is 13.5. The molecule has 3 rings (SSSR count). The van der Waals surface area contributed by atoms with Crippen LogP contribution in [0.25, 0.3) is 0 Å². The van der Waals surface area contributed by atoms with Gasteiger partial charge in [0.05, 0.1) is 21.9 Å². The summed E-state index contributed by atoms with van der Waals surface area (Å²) in [7, 11) is -3.80. The van der Waals surface area contributed by atoms with Gasteiger partial charge in [-0.05, 0) is 49.2 Å². The number of hydrogen-bond donors (Lipinski definition) is 1. The van der Waals surface area contributed by atoms with Gasteiger partial charge in [-0.2, -0.15) is 0 Å². The molecule has 2 aromatic carbocycles. The summed E-state index contributed by atoms with van der Waals surface area (Å²) in [6.07, 6.45) is 0.571. The Morgan fingerprint density at radius 1 is 1.32 bits per heavy atom. The molecule has 132 valence electrons. The number of halogens is 1. The Morgan fingerprint density at radius 2 is 2.04 bits per heavy atom. The minimum absolute atomic E-state index is 0.0198. The van der Waals surface area contributed by atoms with E-state index in [9.17, 15) is 22.9 Å². The van der Waals surface area contributed by atoms with Gasteiger partial charge in [-0.25, -0.2) is 17.9 Å². The first kappa shape index (κ1) is 17.3. The largest absolute Gasteiger partial charge is 0.364 e. The first-order valence-corrected chi connectivity index (χ1v) is 9.06. The molecule has 7 nitrogen and oxygen atoms in total. The quantitative estimate of drug-likeness (QED) is 0.661. The van der Waals surface area contributed by atoms with Crippen LogP contribution in [0.3, 0.4) is 0 Å². The van der Waals surface area contributed by atoms with E-state index >= 15 is 0 Å². The first-order valence-electron chi connectivity index (χ1n) is 7.52. The van der Waals surface area contributed by atoms with Gasteiger partial charge in [0, 0.05) is 17.8 Å². The van der Waals surface area contributed by atoms with Gasteiger partial charge in [-0.3, -0.25) is 10.1 Å². The number of nitrogens with zero attached hydrogens (tertiary/aromatic N) is 2. The number of anilines is 1. The van der Waals surface area contributed by atoms with Crippen molar-refractivity contribution in [1.29, 1.82) is 0 Å². The molecule has 1 aliphatic heterocycles. The number of primary sulfonamides is 1. The van der Waals surface area contributed by atoms with Crippen molar-refractivity contribution in [3.63, 3.8) is 0 Å². The highest BCUT2D eigenvalue weighted by Gasteiger charge is 2.29. The van der Waals surface area contributed by atoms with Crippen molar-refractivity contribution in [1.82, 2.24) is 0 Å². The summed E-state index contributed by atoms with van der Waals surface area (Å²) in [5.74, 6) is -0.544. The van der Waals surface area contributed by atoms with Crippen molar-refractivity contribution in [2.24, 2.45) is 5.14 Å². The molecule has 25 heavy (non-hydrogen) atoms. The smallest absolute Gasteiger partial charge is 0.274 e. The topological polar surface area (TPSA) is 107 Å². The molecular formula is C16H16FN3O4S. The zero-order chi connectivity index (χ0) is 18.4. The molecule has 0 spiro atoms. The van der Waals surface area contributed by atoms with Gasteiger partial charge in [-0.15, -0.1) is 0 Å². The van der Waals surface area contributed by atoms with Gasteiger partial charge >= 0.3 is 0 Å². The maximum atomic E-state index is 13.5. The van der Waals surface area contributed by atoms with Crippen LogP contribution in [0.15, 0.2) is 41.3 Å². The lowest BCUT2D eigenvalue weighted by molar-refractivity contribution is -0.385. The predicted octanol–water partition coefficient (Wildman–Crippen LogP) is 2.33. The molecule has 2 aromatic rings. The zero-order valence-corrected chi connectivity index (χ0v) is 14.2. The summed E-state index contributed by atoms with van der Waals surface area (Å²) in [4.78, 5) is 12.5. The summed E-state index contributed by atoms with van der Waals surface area (Å²) in [6, 6.07) is 7.89. The lowest BCUT2D eigenvalue weighted by Crippen LogP contribution is -2.29. The molecule has 0 bridgehead atoms. The van der Waals surface area contributed by atoms with Crippen LogP contribution in [-0.4, -0.2) is 19.4 Å². The third-order valence-corrected chi connectivity index (χ3v) is 5.23. The molecule has 9 heteroatoms. The summed E-state index contributed by atoms with van der Waals surface area (Å²) < 4.78 is 36.5. The van der Waals surface area contributed by atoms with Crippen molar-refractivity contribution in [3.8, 4) is 0 Å². The van der Waals surface area contributed by atoms with Crippen LogP contribution in [-0.2, 0) is 23.0 Å². The summed E-state index contributed by atoms with van der Waals surface area (Å²) in [6.45, 7) is 2.07. The highest BCUT2D eigenvalue weighted by atomic mass is 32.2. The van der Waals surface area contributed by atoms with Crippen LogP contribution in [0.1, 0.15) is 18.1 Å². The molecule has 1 aliphatic rings. The van der Waals surface area contributed by atoms with Gasteiger partial charge in [-0.1, -0.05) is 0 Å². The number of sulfonamides is 1. The van der Waals surface area contributed by atoms with E-state index in [0.717, 1.165) is 29.4 Å². The molecule has 0 saturated heterocycles. The van der Waals surface area contributed by atoms with E-state index in [1.54, 1.807) is 6.07 Å². The molecule has 0 aromatic heterocycles. The molecule has 1 atom stereocenters. The second kappa shape index (κ2) is 6.08. The average Bonchev–Trinajstić information content (AvgIpc) is 2.81. The van der Waals surface area contributed by atoms with E-state index in [1.807, 2.05) is 11.8 Å². The van der Waals surface area contributed by atoms with Crippen molar-refractivity contribution < 1.29 is 17.7 Å². The second-order valence-corrected chi connectivity index (χ2v) is 7.61. The van der Waals surface area contributed by atoms with Crippen molar-refractivity contribution >= 4 is 21.4 Å². The number of nitrogens with two attached hydrogens (primary N) is 1. The number of benzene rings is 2. The van der Waals surface area contributed by atoms with E-state index in [1.165, 1.54) is 12.1 Å². The summed E-state index contributed by atoms with van der Waals surface area (Å²) in [5, 5.41) is 16.3. The third kappa shape index (κ3) is 3.33. The van der Waals surface area contributed by atoms with Crippen LogP contribution in [0.2, 0.25) is 0 Å². The normalized spacial score (nSPS) is 16.8. The van der Waals surface area contributed by atoms with Crippen LogP contribution < -0.4 is 10.0 Å². The second-order valence-electron chi connectivity index (χ2n) is 6.05. The van der Waals surface area contributed by atoms with Crippen molar-refractivity contribution in [2.75, 3.05) is 4.90 Å². The molecule has 2 N–H and O–H groups in total. The lowest BCUT2D eigenvalue weighted by Gasteiger charge is -2.25. The van der Waals surface area contributed by atoms with E-state index < -0.39 is 20.8 Å². The molecule has 0 amide bonds. The lowest BCUT2D eigenvalue weighted by atomic mass is 10.1. The third-order valence-electron chi connectivity index (χ3n) is 4.32. The Bertz CT molecular complexity index is 962. The Hall–Kier alpha value is -2.52. The molecule has 0 saturated carbocycles. The Morgan fingerprint density at radius 3 is 2.68 bits per heavy atom. The Labute approximate surface area is 144 Å². The fourth-order valence-corrected chi connectivity index (χ4v) is 3.70. The number of rotatable bonds is 4. The van der Waals surface area contributed by atoms with Gasteiger partial charge < -0.3 is 4.90 Å². The van der Waals surface area contributed by atoms with E-state index in [-0.39, 0.29) is 28.7 Å². The van der Waals surface area contributed by atoms with E-state index in [0.29, 0.717) is 6.42 Å². The Balaban J connectivity index is 1.99.